The Balaban J connectivity index is 1.85. The number of methoxy groups -OCH3 is 1. The van der Waals surface area contributed by atoms with Gasteiger partial charge in [-0.3, -0.25) is 0 Å². The van der Waals surface area contributed by atoms with Crippen LogP contribution in [0.5, 0.6) is 0 Å². The quantitative estimate of drug-likeness (QED) is 0.822. The van der Waals surface area contributed by atoms with Gasteiger partial charge in [0.2, 0.25) is 0 Å². The second-order valence-corrected chi connectivity index (χ2v) is 5.30. The van der Waals surface area contributed by atoms with E-state index >= 15 is 0 Å². The minimum Gasteiger partial charge on any atom is -0.381 e. The first-order valence-electron chi connectivity index (χ1n) is 6.45. The third-order valence-electron chi connectivity index (χ3n) is 3.40. The lowest BCUT2D eigenvalue weighted by Gasteiger charge is -2.35. The molecular weight excluding hydrogens is 214 g/mol. The van der Waals surface area contributed by atoms with Gasteiger partial charge in [0, 0.05) is 25.9 Å². The molecule has 0 radical (unpaired) electrons. The molecule has 0 spiro atoms. The zero-order chi connectivity index (χ0) is 12.3. The fraction of sp³-hybridized carbons (Fsp3) is 0.769. The Morgan fingerprint density at radius 1 is 1.53 bits per heavy atom. The average Bonchev–Trinajstić information content (AvgIpc) is 2.64. The van der Waals surface area contributed by atoms with Gasteiger partial charge in [-0.05, 0) is 25.3 Å². The zero-order valence-electron chi connectivity index (χ0n) is 11.0. The predicted octanol–water partition coefficient (Wildman–Crippen LogP) is 1.98. The third-order valence-corrected chi connectivity index (χ3v) is 3.40. The molecule has 0 aromatic carbocycles. The molecule has 1 fully saturated rings. The lowest BCUT2D eigenvalue weighted by atomic mass is 9.89. The first-order chi connectivity index (χ1) is 8.20. The van der Waals surface area contributed by atoms with Gasteiger partial charge < -0.3 is 14.6 Å². The molecule has 0 saturated heterocycles. The van der Waals surface area contributed by atoms with Crippen molar-refractivity contribution in [3.63, 3.8) is 0 Å². The SMILES string of the molecule is COC1CC(n2cncc2CNCC(C)C)C1. The Labute approximate surface area is 103 Å². The van der Waals surface area contributed by atoms with Crippen LogP contribution in [0.15, 0.2) is 12.5 Å². The lowest BCUT2D eigenvalue weighted by molar-refractivity contribution is 0.00536. The second kappa shape index (κ2) is 5.65. The number of hydrogen-bond acceptors (Lipinski definition) is 3. The predicted molar refractivity (Wildman–Crippen MR) is 67.8 cm³/mol. The summed E-state index contributed by atoms with van der Waals surface area (Å²) in [5.41, 5.74) is 1.28. The van der Waals surface area contributed by atoms with Crippen LogP contribution in [0, 0.1) is 5.92 Å². The Bertz CT molecular complexity index is 342. The van der Waals surface area contributed by atoms with Crippen LogP contribution < -0.4 is 5.32 Å². The van der Waals surface area contributed by atoms with E-state index in [0.29, 0.717) is 18.1 Å². The number of hydrogen-bond donors (Lipinski definition) is 1. The smallest absolute Gasteiger partial charge is 0.0951 e. The molecule has 17 heavy (non-hydrogen) atoms. The first-order valence-corrected chi connectivity index (χ1v) is 6.45. The molecule has 1 aromatic rings. The standard InChI is InChI=1S/C13H23N3O/c1-10(2)6-14-7-12-8-15-9-16(12)11-4-13(5-11)17-3/h8-11,13-14H,4-7H2,1-3H3. The Morgan fingerprint density at radius 2 is 2.29 bits per heavy atom. The number of ether oxygens (including phenoxy) is 1. The summed E-state index contributed by atoms with van der Waals surface area (Å²) in [5.74, 6) is 0.688. The molecule has 0 amide bonds. The van der Waals surface area contributed by atoms with Crippen LogP contribution in [0.3, 0.4) is 0 Å². The van der Waals surface area contributed by atoms with Gasteiger partial charge in [0.05, 0.1) is 18.1 Å². The maximum absolute atomic E-state index is 5.32. The Hall–Kier alpha value is -0.870. The van der Waals surface area contributed by atoms with Gasteiger partial charge in [-0.15, -0.1) is 0 Å². The van der Waals surface area contributed by atoms with Gasteiger partial charge in [-0.1, -0.05) is 13.8 Å². The summed E-state index contributed by atoms with van der Waals surface area (Å²) < 4.78 is 7.61. The number of nitrogens with one attached hydrogen (secondary N) is 1. The topological polar surface area (TPSA) is 39.1 Å². The van der Waals surface area contributed by atoms with Crippen LogP contribution in [-0.4, -0.2) is 29.3 Å². The van der Waals surface area contributed by atoms with Crippen molar-refractivity contribution in [1.82, 2.24) is 14.9 Å². The summed E-state index contributed by atoms with van der Waals surface area (Å²) in [7, 11) is 1.79. The normalized spacial score (nSPS) is 24.0. The van der Waals surface area contributed by atoms with Crippen molar-refractivity contribution in [3.8, 4) is 0 Å². The highest BCUT2D eigenvalue weighted by atomic mass is 16.5. The molecule has 0 aliphatic heterocycles. The van der Waals surface area contributed by atoms with E-state index in [4.69, 9.17) is 4.74 Å². The molecule has 1 N–H and O–H groups in total. The van der Waals surface area contributed by atoms with Crippen molar-refractivity contribution < 1.29 is 4.74 Å². The Kier molecular flexibility index (Phi) is 4.18. The maximum atomic E-state index is 5.32. The van der Waals surface area contributed by atoms with E-state index in [2.05, 4.69) is 28.7 Å². The molecule has 4 heteroatoms. The van der Waals surface area contributed by atoms with Crippen LogP contribution in [0.25, 0.3) is 0 Å². The van der Waals surface area contributed by atoms with Crippen LogP contribution in [0.4, 0.5) is 0 Å². The highest BCUT2D eigenvalue weighted by Gasteiger charge is 2.31. The number of nitrogens with zero attached hydrogens (tertiary/aromatic N) is 2. The highest BCUT2D eigenvalue weighted by Crippen LogP contribution is 2.34. The van der Waals surface area contributed by atoms with Crippen LogP contribution >= 0.6 is 0 Å². The van der Waals surface area contributed by atoms with Crippen LogP contribution in [0.1, 0.15) is 38.4 Å². The summed E-state index contributed by atoms with van der Waals surface area (Å²) in [6.45, 7) is 6.40. The van der Waals surface area contributed by atoms with Gasteiger partial charge in [-0.2, -0.15) is 0 Å². The van der Waals surface area contributed by atoms with E-state index in [1.807, 2.05) is 12.5 Å². The average molecular weight is 237 g/mol. The number of imidazole rings is 1. The second-order valence-electron chi connectivity index (χ2n) is 5.30. The highest BCUT2D eigenvalue weighted by molar-refractivity contribution is 5.03. The van der Waals surface area contributed by atoms with Crippen molar-refractivity contribution >= 4 is 0 Å². The summed E-state index contributed by atoms with van der Waals surface area (Å²) in [6, 6.07) is 0.582. The van der Waals surface area contributed by atoms with Gasteiger partial charge in [-0.25, -0.2) is 4.98 Å². The van der Waals surface area contributed by atoms with Crippen LogP contribution in [-0.2, 0) is 11.3 Å². The van der Waals surface area contributed by atoms with E-state index in [-0.39, 0.29) is 0 Å². The zero-order valence-corrected chi connectivity index (χ0v) is 11.0. The maximum Gasteiger partial charge on any atom is 0.0951 e. The fourth-order valence-electron chi connectivity index (χ4n) is 2.24. The van der Waals surface area contributed by atoms with Crippen molar-refractivity contribution in [2.45, 2.75) is 45.4 Å². The largest absolute Gasteiger partial charge is 0.381 e. The summed E-state index contributed by atoms with van der Waals surface area (Å²) in [4.78, 5) is 4.26. The molecule has 1 aliphatic carbocycles. The molecule has 1 aromatic heterocycles. The Morgan fingerprint density at radius 3 is 2.94 bits per heavy atom. The van der Waals surface area contributed by atoms with E-state index < -0.39 is 0 Å². The van der Waals surface area contributed by atoms with Gasteiger partial charge in [0.25, 0.3) is 0 Å². The van der Waals surface area contributed by atoms with Crippen molar-refractivity contribution in [3.05, 3.63) is 18.2 Å². The van der Waals surface area contributed by atoms with E-state index in [1.165, 1.54) is 5.69 Å². The fourth-order valence-corrected chi connectivity index (χ4v) is 2.24. The molecule has 96 valence electrons. The molecular formula is C13H23N3O. The molecule has 0 bridgehead atoms. The molecule has 0 unspecified atom stereocenters. The van der Waals surface area contributed by atoms with Crippen molar-refractivity contribution in [1.29, 1.82) is 0 Å². The molecule has 1 aliphatic rings. The van der Waals surface area contributed by atoms with Gasteiger partial charge in [0.15, 0.2) is 0 Å². The first kappa shape index (κ1) is 12.6. The molecule has 4 nitrogen and oxygen atoms in total. The minimum atomic E-state index is 0.443. The van der Waals surface area contributed by atoms with E-state index in [1.54, 1.807) is 7.11 Å². The number of aromatic nitrogens is 2. The molecule has 0 atom stereocenters. The van der Waals surface area contributed by atoms with E-state index in [9.17, 15) is 0 Å². The van der Waals surface area contributed by atoms with Crippen molar-refractivity contribution in [2.75, 3.05) is 13.7 Å². The van der Waals surface area contributed by atoms with E-state index in [0.717, 1.165) is 25.9 Å². The molecule has 2 rings (SSSR count). The summed E-state index contributed by atoms with van der Waals surface area (Å²) in [5, 5.41) is 3.46. The summed E-state index contributed by atoms with van der Waals surface area (Å²) in [6.07, 6.45) is 6.59. The lowest BCUT2D eigenvalue weighted by Crippen LogP contribution is -2.33. The monoisotopic (exact) mass is 237 g/mol. The molecule has 1 heterocycles. The van der Waals surface area contributed by atoms with Gasteiger partial charge in [0.1, 0.15) is 0 Å². The van der Waals surface area contributed by atoms with Crippen LogP contribution in [0.2, 0.25) is 0 Å². The minimum absolute atomic E-state index is 0.443. The van der Waals surface area contributed by atoms with Gasteiger partial charge >= 0.3 is 0 Å². The third kappa shape index (κ3) is 3.07. The molecule has 1 saturated carbocycles. The summed E-state index contributed by atoms with van der Waals surface area (Å²) >= 11 is 0. The van der Waals surface area contributed by atoms with Crippen molar-refractivity contribution in [2.24, 2.45) is 5.92 Å². The number of rotatable bonds is 6.